The first kappa shape index (κ1) is 21.2. The smallest absolute Gasteiger partial charge is 0.194 e. The lowest BCUT2D eigenvalue weighted by Gasteiger charge is -2.43. The molecule has 0 radical (unpaired) electrons. The second-order valence-corrected chi connectivity index (χ2v) is 9.85. The number of rotatable bonds is 3. The van der Waals surface area contributed by atoms with Crippen LogP contribution in [0.3, 0.4) is 0 Å². The molecule has 5 aromatic carbocycles. The van der Waals surface area contributed by atoms with Crippen LogP contribution >= 0.6 is 0 Å². The van der Waals surface area contributed by atoms with Crippen molar-refractivity contribution in [3.8, 4) is 28.5 Å². The summed E-state index contributed by atoms with van der Waals surface area (Å²) >= 11 is 0. The van der Waals surface area contributed by atoms with E-state index in [1.165, 1.54) is 5.56 Å². The molecule has 0 aliphatic carbocycles. The number of anilines is 1. The second kappa shape index (κ2) is 8.02. The zero-order valence-electron chi connectivity index (χ0n) is 20.6. The Morgan fingerprint density at radius 3 is 2.32 bits per heavy atom. The van der Waals surface area contributed by atoms with Crippen LogP contribution in [0.2, 0.25) is 0 Å². The number of para-hydroxylation sites is 3. The van der Waals surface area contributed by atoms with E-state index in [0.717, 1.165) is 68.3 Å². The van der Waals surface area contributed by atoms with Crippen LogP contribution in [0.1, 0.15) is 22.3 Å². The fraction of sp³-hybridized carbons (Fsp3) is 0.0588. The van der Waals surface area contributed by atoms with E-state index in [1.807, 2.05) is 24.3 Å². The molecule has 2 N–H and O–H groups in total. The number of hydrogen-bond donors (Lipinski definition) is 2. The third-order valence-electron chi connectivity index (χ3n) is 7.66. The lowest BCUT2D eigenvalue weighted by Crippen LogP contribution is -2.40. The minimum Gasteiger partial charge on any atom is -0.472 e. The van der Waals surface area contributed by atoms with Gasteiger partial charge in [-0.05, 0) is 42.0 Å². The quantitative estimate of drug-likeness (QED) is 0.262. The van der Waals surface area contributed by atoms with Gasteiger partial charge in [-0.15, -0.1) is 0 Å². The molecule has 2 aliphatic rings. The number of benzene rings is 5. The molecule has 1 atom stereocenters. The molecule has 38 heavy (non-hydrogen) atoms. The number of hydrogen-bond acceptors (Lipinski definition) is 3. The Morgan fingerprint density at radius 2 is 1.39 bits per heavy atom. The first-order valence-electron chi connectivity index (χ1n) is 12.9. The highest BCUT2D eigenvalue weighted by Crippen LogP contribution is 2.59. The number of nitrogens with one attached hydrogen (secondary N) is 2. The standard InChI is InChI=1S/C34H24N2O2/c1-2-10-22(11-3-1)21-35-23-18-19-27-31(20-23)37-30-17-9-6-14-26(30)34(27)32-24-12-4-7-15-28(24)36-33(32)25-13-5-8-16-29(25)38-34/h1-20,35-36H,21H2. The van der Waals surface area contributed by atoms with Crippen LogP contribution in [-0.2, 0) is 12.1 Å². The van der Waals surface area contributed by atoms with E-state index in [-0.39, 0.29) is 0 Å². The van der Waals surface area contributed by atoms with Gasteiger partial charge in [0.2, 0.25) is 0 Å². The highest BCUT2D eigenvalue weighted by atomic mass is 16.5. The number of fused-ring (bicyclic) bond motifs is 10. The molecule has 0 fully saturated rings. The molecule has 1 aromatic heterocycles. The van der Waals surface area contributed by atoms with Crippen LogP contribution in [0.15, 0.2) is 121 Å². The summed E-state index contributed by atoms with van der Waals surface area (Å²) in [4.78, 5) is 3.72. The summed E-state index contributed by atoms with van der Waals surface area (Å²) < 4.78 is 13.7. The van der Waals surface area contributed by atoms with Crippen LogP contribution in [0.5, 0.6) is 17.2 Å². The van der Waals surface area contributed by atoms with Crippen molar-refractivity contribution in [1.82, 2.24) is 4.98 Å². The summed E-state index contributed by atoms with van der Waals surface area (Å²) in [7, 11) is 0. The second-order valence-electron chi connectivity index (χ2n) is 9.85. The number of ether oxygens (including phenoxy) is 2. The molecule has 0 bridgehead atoms. The molecule has 1 spiro atoms. The Bertz CT molecular complexity index is 1840. The maximum absolute atomic E-state index is 7.16. The topological polar surface area (TPSA) is 46.3 Å². The minimum atomic E-state index is -0.870. The third-order valence-corrected chi connectivity index (χ3v) is 7.66. The van der Waals surface area contributed by atoms with Crippen molar-refractivity contribution in [3.63, 3.8) is 0 Å². The lowest BCUT2D eigenvalue weighted by molar-refractivity contribution is 0.139. The van der Waals surface area contributed by atoms with Crippen molar-refractivity contribution in [2.24, 2.45) is 0 Å². The molecule has 0 saturated heterocycles. The van der Waals surface area contributed by atoms with Gasteiger partial charge in [0.05, 0.1) is 5.69 Å². The molecule has 8 rings (SSSR count). The third kappa shape index (κ3) is 2.97. The predicted molar refractivity (Wildman–Crippen MR) is 151 cm³/mol. The van der Waals surface area contributed by atoms with Crippen molar-refractivity contribution in [3.05, 3.63) is 144 Å². The average Bonchev–Trinajstić information content (AvgIpc) is 3.37. The highest BCUT2D eigenvalue weighted by Gasteiger charge is 2.51. The molecule has 4 heteroatoms. The molecule has 182 valence electrons. The van der Waals surface area contributed by atoms with E-state index in [4.69, 9.17) is 9.47 Å². The van der Waals surface area contributed by atoms with Crippen molar-refractivity contribution < 1.29 is 9.47 Å². The van der Waals surface area contributed by atoms with Crippen LogP contribution in [0.4, 0.5) is 5.69 Å². The van der Waals surface area contributed by atoms with E-state index in [1.54, 1.807) is 0 Å². The molecule has 4 nitrogen and oxygen atoms in total. The fourth-order valence-corrected chi connectivity index (χ4v) is 5.98. The largest absolute Gasteiger partial charge is 0.472 e. The van der Waals surface area contributed by atoms with E-state index < -0.39 is 5.60 Å². The van der Waals surface area contributed by atoms with E-state index in [9.17, 15) is 0 Å². The molecule has 0 amide bonds. The maximum Gasteiger partial charge on any atom is 0.194 e. The minimum absolute atomic E-state index is 0.734. The molecule has 3 heterocycles. The van der Waals surface area contributed by atoms with Crippen molar-refractivity contribution in [1.29, 1.82) is 0 Å². The number of aromatic amines is 1. The Hall–Kier alpha value is -4.96. The van der Waals surface area contributed by atoms with Gasteiger partial charge in [0.15, 0.2) is 5.60 Å². The SMILES string of the molecule is c1ccc(CNc2ccc3c(c2)Oc2ccccc2C32Oc3ccccc3-c3[nH]c4ccccc4c32)cc1. The summed E-state index contributed by atoms with van der Waals surface area (Å²) in [5, 5.41) is 4.70. The zero-order valence-corrected chi connectivity index (χ0v) is 20.6. The van der Waals surface area contributed by atoms with Crippen LogP contribution < -0.4 is 14.8 Å². The van der Waals surface area contributed by atoms with Gasteiger partial charge in [0.25, 0.3) is 0 Å². The summed E-state index contributed by atoms with van der Waals surface area (Å²) in [5.41, 5.74) is 7.70. The van der Waals surface area contributed by atoms with Crippen LogP contribution in [0, 0.1) is 0 Å². The van der Waals surface area contributed by atoms with Gasteiger partial charge >= 0.3 is 0 Å². The van der Waals surface area contributed by atoms with E-state index in [0.29, 0.717) is 0 Å². The Labute approximate surface area is 220 Å². The molecular weight excluding hydrogens is 468 g/mol. The molecular formula is C34H24N2O2. The average molecular weight is 493 g/mol. The summed E-state index contributed by atoms with van der Waals surface area (Å²) in [6.45, 7) is 0.734. The zero-order chi connectivity index (χ0) is 25.1. The van der Waals surface area contributed by atoms with Gasteiger partial charge in [-0.25, -0.2) is 0 Å². The molecule has 2 aliphatic heterocycles. The summed E-state index contributed by atoms with van der Waals surface area (Å²) in [6, 6.07) is 41.7. The van der Waals surface area contributed by atoms with Gasteiger partial charge in [-0.1, -0.05) is 78.9 Å². The Kier molecular flexibility index (Phi) is 4.47. The van der Waals surface area contributed by atoms with Gasteiger partial charge in [0, 0.05) is 51.5 Å². The normalized spacial score (nSPS) is 16.5. The Morgan fingerprint density at radius 1 is 0.658 bits per heavy atom. The molecule has 6 aromatic rings. The fourth-order valence-electron chi connectivity index (χ4n) is 5.98. The Balaban J connectivity index is 1.37. The first-order valence-corrected chi connectivity index (χ1v) is 12.9. The predicted octanol–water partition coefficient (Wildman–Crippen LogP) is 8.24. The summed E-state index contributed by atoms with van der Waals surface area (Å²) in [6.07, 6.45) is 0. The number of H-pyrrole nitrogens is 1. The van der Waals surface area contributed by atoms with E-state index in [2.05, 4.69) is 107 Å². The van der Waals surface area contributed by atoms with Crippen molar-refractivity contribution in [2.45, 2.75) is 12.1 Å². The lowest BCUT2D eigenvalue weighted by atomic mass is 9.74. The van der Waals surface area contributed by atoms with Crippen molar-refractivity contribution >= 4 is 16.6 Å². The van der Waals surface area contributed by atoms with Gasteiger partial charge < -0.3 is 19.8 Å². The van der Waals surface area contributed by atoms with Crippen LogP contribution in [-0.4, -0.2) is 4.98 Å². The first-order chi connectivity index (χ1) is 18.8. The van der Waals surface area contributed by atoms with E-state index >= 15 is 0 Å². The highest BCUT2D eigenvalue weighted by molar-refractivity contribution is 5.96. The molecule has 0 saturated carbocycles. The van der Waals surface area contributed by atoms with Crippen molar-refractivity contribution in [2.75, 3.05) is 5.32 Å². The molecule has 1 unspecified atom stereocenters. The summed E-state index contributed by atoms with van der Waals surface area (Å²) in [5.74, 6) is 2.44. The van der Waals surface area contributed by atoms with Gasteiger partial charge in [0.1, 0.15) is 17.2 Å². The number of aromatic nitrogens is 1. The van der Waals surface area contributed by atoms with Gasteiger partial charge in [-0.3, -0.25) is 0 Å². The van der Waals surface area contributed by atoms with Gasteiger partial charge in [-0.2, -0.15) is 0 Å². The van der Waals surface area contributed by atoms with Crippen LogP contribution in [0.25, 0.3) is 22.2 Å². The maximum atomic E-state index is 7.16. The monoisotopic (exact) mass is 492 g/mol.